The third kappa shape index (κ3) is 3.02. The monoisotopic (exact) mass is 231 g/mol. The lowest BCUT2D eigenvalue weighted by atomic mass is 10.2. The van der Waals surface area contributed by atoms with Gasteiger partial charge in [0.2, 0.25) is 5.91 Å². The summed E-state index contributed by atoms with van der Waals surface area (Å²) in [4.78, 5) is 10.4. The highest BCUT2D eigenvalue weighted by Crippen LogP contribution is 2.22. The minimum absolute atomic E-state index is 0.00552. The number of carbonyl (C=O) groups excluding carboxylic acids is 1. The van der Waals surface area contributed by atoms with Gasteiger partial charge in [-0.1, -0.05) is 23.8 Å². The zero-order valence-corrected chi connectivity index (χ0v) is 8.39. The summed E-state index contributed by atoms with van der Waals surface area (Å²) in [6, 6.07) is 2.28. The van der Waals surface area contributed by atoms with Gasteiger partial charge in [0.15, 0.2) is 5.82 Å². The summed E-state index contributed by atoms with van der Waals surface area (Å²) in [5, 5.41) is -0.559. The van der Waals surface area contributed by atoms with Gasteiger partial charge in [0.1, 0.15) is 10.8 Å². The molecule has 0 saturated heterocycles. The minimum atomic E-state index is -0.850. The van der Waals surface area contributed by atoms with Crippen molar-refractivity contribution in [3.63, 3.8) is 0 Å². The SMILES string of the molecule is NC(=O)CC=Cc1ccc(F)c(Cl)c1F. The highest BCUT2D eigenvalue weighted by atomic mass is 35.5. The maximum Gasteiger partial charge on any atom is 0.221 e. The third-order valence-corrected chi connectivity index (χ3v) is 2.03. The number of amides is 1. The van der Waals surface area contributed by atoms with Crippen molar-refractivity contribution < 1.29 is 13.6 Å². The standard InChI is InChI=1S/C10H8ClF2NO/c11-9-7(12)5-4-6(10(9)13)2-1-3-8(14)15/h1-2,4-5H,3H2,(H2,14,15). The Hall–Kier alpha value is -1.42. The molecule has 80 valence electrons. The van der Waals surface area contributed by atoms with Crippen LogP contribution in [0.25, 0.3) is 6.08 Å². The first-order valence-electron chi connectivity index (χ1n) is 4.10. The molecule has 0 aliphatic rings. The van der Waals surface area contributed by atoms with Crippen molar-refractivity contribution >= 4 is 23.6 Å². The lowest BCUT2D eigenvalue weighted by Crippen LogP contribution is -2.07. The molecule has 0 radical (unpaired) electrons. The van der Waals surface area contributed by atoms with Gasteiger partial charge in [-0.3, -0.25) is 4.79 Å². The Kier molecular flexibility index (Phi) is 3.80. The van der Waals surface area contributed by atoms with Crippen LogP contribution in [0.2, 0.25) is 5.02 Å². The molecule has 0 aromatic heterocycles. The van der Waals surface area contributed by atoms with Crippen LogP contribution in [0.5, 0.6) is 0 Å². The summed E-state index contributed by atoms with van der Waals surface area (Å²) in [6.07, 6.45) is 2.70. The summed E-state index contributed by atoms with van der Waals surface area (Å²) in [5.74, 6) is -2.20. The second-order valence-corrected chi connectivity index (χ2v) is 3.22. The average molecular weight is 232 g/mol. The van der Waals surface area contributed by atoms with Crippen molar-refractivity contribution in [1.29, 1.82) is 0 Å². The molecule has 1 aromatic carbocycles. The van der Waals surface area contributed by atoms with Crippen molar-refractivity contribution in [2.45, 2.75) is 6.42 Å². The Labute approximate surface area is 90.3 Å². The van der Waals surface area contributed by atoms with Crippen molar-refractivity contribution in [1.82, 2.24) is 0 Å². The number of hydrogen-bond acceptors (Lipinski definition) is 1. The van der Waals surface area contributed by atoms with E-state index in [2.05, 4.69) is 0 Å². The molecule has 2 N–H and O–H groups in total. The number of rotatable bonds is 3. The molecule has 1 rings (SSSR count). The van der Waals surface area contributed by atoms with Gasteiger partial charge in [-0.15, -0.1) is 0 Å². The van der Waals surface area contributed by atoms with Gasteiger partial charge in [0, 0.05) is 12.0 Å². The largest absolute Gasteiger partial charge is 0.369 e. The van der Waals surface area contributed by atoms with Crippen molar-refractivity contribution in [3.8, 4) is 0 Å². The number of halogens is 3. The van der Waals surface area contributed by atoms with E-state index in [-0.39, 0.29) is 12.0 Å². The smallest absolute Gasteiger partial charge is 0.221 e. The molecular weight excluding hydrogens is 224 g/mol. The highest BCUT2D eigenvalue weighted by molar-refractivity contribution is 6.31. The Morgan fingerprint density at radius 1 is 1.47 bits per heavy atom. The van der Waals surface area contributed by atoms with Gasteiger partial charge in [0.25, 0.3) is 0 Å². The van der Waals surface area contributed by atoms with E-state index < -0.39 is 22.6 Å². The molecule has 0 heterocycles. The molecule has 1 aromatic rings. The van der Waals surface area contributed by atoms with E-state index in [0.29, 0.717) is 0 Å². The zero-order chi connectivity index (χ0) is 11.4. The van der Waals surface area contributed by atoms with E-state index in [9.17, 15) is 13.6 Å². The molecular formula is C10H8ClF2NO. The molecule has 15 heavy (non-hydrogen) atoms. The summed E-state index contributed by atoms with van der Waals surface area (Å²) in [5.41, 5.74) is 4.99. The van der Waals surface area contributed by atoms with Gasteiger partial charge in [-0.25, -0.2) is 8.78 Å². The van der Waals surface area contributed by atoms with Gasteiger partial charge in [-0.05, 0) is 12.1 Å². The molecule has 0 aliphatic heterocycles. The molecule has 0 bridgehead atoms. The summed E-state index contributed by atoms with van der Waals surface area (Å²) >= 11 is 5.35. The molecule has 0 atom stereocenters. The maximum absolute atomic E-state index is 13.2. The third-order valence-electron chi connectivity index (χ3n) is 1.68. The molecule has 2 nitrogen and oxygen atoms in total. The first-order valence-corrected chi connectivity index (χ1v) is 4.48. The van der Waals surface area contributed by atoms with Crippen LogP contribution >= 0.6 is 11.6 Å². The number of benzene rings is 1. The summed E-state index contributed by atoms with van der Waals surface area (Å²) in [6.45, 7) is 0. The number of carbonyl (C=O) groups is 1. The number of hydrogen-bond donors (Lipinski definition) is 1. The second kappa shape index (κ2) is 4.89. The Morgan fingerprint density at radius 3 is 2.73 bits per heavy atom. The number of nitrogens with two attached hydrogens (primary N) is 1. The normalized spacial score (nSPS) is 10.9. The summed E-state index contributed by atoms with van der Waals surface area (Å²) in [7, 11) is 0. The van der Waals surface area contributed by atoms with Crippen LogP contribution in [0.3, 0.4) is 0 Å². The van der Waals surface area contributed by atoms with Crippen LogP contribution in [0.4, 0.5) is 8.78 Å². The van der Waals surface area contributed by atoms with Crippen molar-refractivity contribution in [2.75, 3.05) is 0 Å². The van der Waals surface area contributed by atoms with E-state index in [1.807, 2.05) is 0 Å². The van der Waals surface area contributed by atoms with E-state index in [4.69, 9.17) is 17.3 Å². The molecule has 0 aliphatic carbocycles. The molecule has 5 heteroatoms. The van der Waals surface area contributed by atoms with E-state index in [1.54, 1.807) is 0 Å². The summed E-state index contributed by atoms with van der Waals surface area (Å²) < 4.78 is 26.0. The van der Waals surface area contributed by atoms with Gasteiger partial charge >= 0.3 is 0 Å². The van der Waals surface area contributed by atoms with E-state index >= 15 is 0 Å². The molecule has 1 amide bonds. The lowest BCUT2D eigenvalue weighted by Gasteiger charge is -2.00. The predicted molar refractivity (Wildman–Crippen MR) is 54.2 cm³/mol. The van der Waals surface area contributed by atoms with Crippen LogP contribution in [0, 0.1) is 11.6 Å². The van der Waals surface area contributed by atoms with Crippen LogP contribution < -0.4 is 5.73 Å². The highest BCUT2D eigenvalue weighted by Gasteiger charge is 2.09. The van der Waals surface area contributed by atoms with E-state index in [1.165, 1.54) is 18.2 Å². The zero-order valence-electron chi connectivity index (χ0n) is 7.64. The van der Waals surface area contributed by atoms with Gasteiger partial charge in [-0.2, -0.15) is 0 Å². The molecule has 0 saturated carbocycles. The molecule has 0 fully saturated rings. The first kappa shape index (κ1) is 11.7. The maximum atomic E-state index is 13.2. The second-order valence-electron chi connectivity index (χ2n) is 2.84. The first-order chi connectivity index (χ1) is 7.02. The Balaban J connectivity index is 2.92. The van der Waals surface area contributed by atoms with Crippen LogP contribution in [0.15, 0.2) is 18.2 Å². The van der Waals surface area contributed by atoms with Crippen molar-refractivity contribution in [3.05, 3.63) is 40.4 Å². The fourth-order valence-electron chi connectivity index (χ4n) is 0.972. The topological polar surface area (TPSA) is 43.1 Å². The Morgan fingerprint density at radius 2 is 2.13 bits per heavy atom. The minimum Gasteiger partial charge on any atom is -0.369 e. The lowest BCUT2D eigenvalue weighted by molar-refractivity contribution is -0.117. The fourth-order valence-corrected chi connectivity index (χ4v) is 1.14. The van der Waals surface area contributed by atoms with Crippen LogP contribution in [-0.2, 0) is 4.79 Å². The Bertz CT molecular complexity index is 418. The quantitative estimate of drug-likeness (QED) is 0.798. The molecule has 0 unspecified atom stereocenters. The molecule has 0 spiro atoms. The van der Waals surface area contributed by atoms with Crippen LogP contribution in [-0.4, -0.2) is 5.91 Å². The fraction of sp³-hybridized carbons (Fsp3) is 0.100. The van der Waals surface area contributed by atoms with Crippen LogP contribution in [0.1, 0.15) is 12.0 Å². The number of primary amides is 1. The van der Waals surface area contributed by atoms with Gasteiger partial charge in [0.05, 0.1) is 0 Å². The predicted octanol–water partition coefficient (Wildman–Crippen LogP) is 2.51. The van der Waals surface area contributed by atoms with E-state index in [0.717, 1.165) is 6.07 Å². The average Bonchev–Trinajstić information content (AvgIpc) is 2.18. The van der Waals surface area contributed by atoms with Crippen molar-refractivity contribution in [2.24, 2.45) is 5.73 Å². The van der Waals surface area contributed by atoms with Gasteiger partial charge < -0.3 is 5.73 Å².